The summed E-state index contributed by atoms with van der Waals surface area (Å²) in [6.07, 6.45) is 0. The van der Waals surface area contributed by atoms with Gasteiger partial charge in [0.25, 0.3) is 0 Å². The number of hydrogen-bond acceptors (Lipinski definition) is 2. The maximum absolute atomic E-state index is 6.97. The third kappa shape index (κ3) is 3.43. The largest absolute Gasteiger partial charge is 0.276 e. The van der Waals surface area contributed by atoms with Crippen LogP contribution in [0.4, 0.5) is 5.69 Å². The Balaban J connectivity index is 2.83. The summed E-state index contributed by atoms with van der Waals surface area (Å²) in [7, 11) is 0. The smallest absolute Gasteiger partial charge is 0.123 e. The molecule has 1 aromatic carbocycles. The van der Waals surface area contributed by atoms with E-state index in [1.54, 1.807) is 12.1 Å². The van der Waals surface area contributed by atoms with Crippen molar-refractivity contribution in [1.82, 2.24) is 0 Å². The van der Waals surface area contributed by atoms with Gasteiger partial charge in [-0.25, -0.2) is 0 Å². The first-order chi connectivity index (χ1) is 7.30. The van der Waals surface area contributed by atoms with Gasteiger partial charge in [-0.3, -0.25) is 5.43 Å². The van der Waals surface area contributed by atoms with Crippen molar-refractivity contribution in [2.75, 3.05) is 5.43 Å². The molecule has 0 aliphatic rings. The second kappa shape index (κ2) is 4.70. The van der Waals surface area contributed by atoms with Crippen LogP contribution in [0.5, 0.6) is 0 Å². The van der Waals surface area contributed by atoms with Crippen LogP contribution in [-0.4, -0.2) is 5.17 Å². The topological polar surface area (TPSA) is 24.4 Å². The van der Waals surface area contributed by atoms with E-state index in [0.29, 0.717) is 15.7 Å². The lowest BCUT2D eigenvalue weighted by molar-refractivity contribution is 1.34. The lowest BCUT2D eigenvalue weighted by Gasteiger charge is -2.02. The molecule has 0 aromatic heterocycles. The fraction of sp³-hybridized carbons (Fsp3) is 0.125. The number of benzene rings is 1. The van der Waals surface area contributed by atoms with Crippen LogP contribution < -0.4 is 5.43 Å². The first kappa shape index (κ1) is 6.93. The molecule has 13 heavy (non-hydrogen) atoms. The zero-order valence-corrected chi connectivity index (χ0v) is 8.58. The van der Waals surface area contributed by atoms with Gasteiger partial charge in [-0.1, -0.05) is 34.8 Å². The summed E-state index contributed by atoms with van der Waals surface area (Å²) in [6, 6.07) is 4.66. The van der Waals surface area contributed by atoms with E-state index in [2.05, 4.69) is 10.5 Å². The van der Waals surface area contributed by atoms with Crippen LogP contribution in [0.1, 0.15) is 11.0 Å². The van der Waals surface area contributed by atoms with Crippen molar-refractivity contribution in [3.05, 3.63) is 28.2 Å². The number of rotatable bonds is 2. The van der Waals surface area contributed by atoms with Gasteiger partial charge in [0.1, 0.15) is 5.17 Å². The number of nitrogens with zero attached hydrogens (tertiary/aromatic N) is 1. The maximum atomic E-state index is 6.97. The molecule has 0 spiro atoms. The predicted octanol–water partition coefficient (Wildman–Crippen LogP) is 3.98. The Kier molecular flexibility index (Phi) is 2.51. The Morgan fingerprint density at radius 3 is 2.92 bits per heavy atom. The van der Waals surface area contributed by atoms with Crippen LogP contribution in [0, 0.1) is 0 Å². The normalized spacial score (nSPS) is 15.9. The molecule has 0 fully saturated rings. The molecule has 0 radical (unpaired) electrons. The van der Waals surface area contributed by atoms with Gasteiger partial charge in [0.15, 0.2) is 0 Å². The minimum absolute atomic E-state index is 0.325. The highest BCUT2D eigenvalue weighted by atomic mass is 35.5. The first-order valence-electron chi connectivity index (χ1n) is 4.75. The minimum Gasteiger partial charge on any atom is -0.276 e. The molecule has 0 amide bonds. The quantitative estimate of drug-likeness (QED) is 0.614. The number of hydrazone groups is 1. The lowest BCUT2D eigenvalue weighted by atomic mass is 10.3. The van der Waals surface area contributed by atoms with Crippen LogP contribution in [0.3, 0.4) is 0 Å². The average molecular weight is 241 g/mol. The van der Waals surface area contributed by atoms with Gasteiger partial charge in [-0.2, -0.15) is 5.10 Å². The second-order valence-corrected chi connectivity index (χ2v) is 3.34. The molecule has 0 atom stereocenters. The van der Waals surface area contributed by atoms with Crippen molar-refractivity contribution < 1.29 is 4.11 Å². The summed E-state index contributed by atoms with van der Waals surface area (Å²) in [5.74, 6) is 0. The molecule has 1 N–H and O–H groups in total. The van der Waals surface area contributed by atoms with Crippen LogP contribution in [0.15, 0.2) is 23.3 Å². The summed E-state index contributed by atoms with van der Waals surface area (Å²) in [4.78, 5) is 0. The Morgan fingerprint density at radius 1 is 1.54 bits per heavy atom. The molecule has 5 heteroatoms. The van der Waals surface area contributed by atoms with Crippen molar-refractivity contribution in [3.8, 4) is 0 Å². The van der Waals surface area contributed by atoms with Crippen molar-refractivity contribution in [2.45, 2.75) is 6.85 Å². The van der Waals surface area contributed by atoms with Gasteiger partial charge in [-0.05, 0) is 25.1 Å². The molecule has 70 valence electrons. The summed E-state index contributed by atoms with van der Waals surface area (Å²) < 4.78 is 20.9. The maximum Gasteiger partial charge on any atom is 0.123 e. The van der Waals surface area contributed by atoms with E-state index in [4.69, 9.17) is 38.9 Å². The molecule has 1 rings (SSSR count). The fourth-order valence-electron chi connectivity index (χ4n) is 0.689. The highest BCUT2D eigenvalue weighted by Crippen LogP contribution is 2.25. The average Bonchev–Trinajstić information content (AvgIpc) is 2.14. The molecule has 0 heterocycles. The van der Waals surface area contributed by atoms with Gasteiger partial charge in [0.2, 0.25) is 0 Å². The van der Waals surface area contributed by atoms with E-state index in [9.17, 15) is 0 Å². The number of halogens is 3. The van der Waals surface area contributed by atoms with Crippen LogP contribution in [-0.2, 0) is 0 Å². The summed E-state index contributed by atoms with van der Waals surface area (Å²) in [5, 5.41) is 3.78. The summed E-state index contributed by atoms with van der Waals surface area (Å²) in [6.45, 7) is -2.44. The Bertz CT molecular complexity index is 417. The van der Waals surface area contributed by atoms with Gasteiger partial charge in [-0.15, -0.1) is 0 Å². The third-order valence-corrected chi connectivity index (χ3v) is 1.84. The second-order valence-electron chi connectivity index (χ2n) is 2.14. The highest BCUT2D eigenvalue weighted by molar-refractivity contribution is 6.64. The van der Waals surface area contributed by atoms with Gasteiger partial charge < -0.3 is 0 Å². The SMILES string of the molecule is [2H]C([2H])([2H])/C(Cl)=N/Nc1ccc(Cl)cc1Cl. The number of hydrogen-bond donors (Lipinski definition) is 1. The fourth-order valence-corrected chi connectivity index (χ4v) is 1.18. The van der Waals surface area contributed by atoms with Gasteiger partial charge in [0.05, 0.1) is 10.7 Å². The van der Waals surface area contributed by atoms with E-state index < -0.39 is 12.0 Å². The van der Waals surface area contributed by atoms with E-state index in [1.807, 2.05) is 0 Å². The monoisotopic (exact) mass is 239 g/mol. The number of nitrogens with one attached hydrogen (secondary N) is 1. The zero-order chi connectivity index (χ0) is 12.3. The standard InChI is InChI=1S/C8H7Cl3N2/c1-5(9)12-13-8-3-2-6(10)4-7(8)11/h2-4,13H,1H3/b12-5-/i1D3. The van der Waals surface area contributed by atoms with E-state index >= 15 is 0 Å². The Labute approximate surface area is 95.7 Å². The lowest BCUT2D eigenvalue weighted by Crippen LogP contribution is -1.91. The molecular formula is C8H7Cl3N2. The molecular weight excluding hydrogens is 230 g/mol. The molecule has 0 aliphatic carbocycles. The summed E-state index contributed by atoms with van der Waals surface area (Å²) in [5.41, 5.74) is 2.88. The Hall–Kier alpha value is -0.440. The molecule has 0 saturated carbocycles. The first-order valence-corrected chi connectivity index (χ1v) is 4.39. The van der Waals surface area contributed by atoms with E-state index in [1.165, 1.54) is 6.07 Å². The molecule has 1 aromatic rings. The van der Waals surface area contributed by atoms with Crippen molar-refractivity contribution in [3.63, 3.8) is 0 Å². The molecule has 2 nitrogen and oxygen atoms in total. The van der Waals surface area contributed by atoms with E-state index in [-0.39, 0.29) is 0 Å². The molecule has 0 unspecified atom stereocenters. The third-order valence-electron chi connectivity index (χ3n) is 1.21. The summed E-state index contributed by atoms with van der Waals surface area (Å²) >= 11 is 17.0. The van der Waals surface area contributed by atoms with Crippen LogP contribution in [0.2, 0.25) is 10.0 Å². The van der Waals surface area contributed by atoms with Crippen molar-refractivity contribution in [1.29, 1.82) is 0 Å². The van der Waals surface area contributed by atoms with Gasteiger partial charge >= 0.3 is 0 Å². The van der Waals surface area contributed by atoms with Crippen molar-refractivity contribution in [2.24, 2.45) is 5.10 Å². The van der Waals surface area contributed by atoms with Gasteiger partial charge in [0, 0.05) is 9.13 Å². The van der Waals surface area contributed by atoms with Crippen LogP contribution >= 0.6 is 34.8 Å². The van der Waals surface area contributed by atoms with E-state index in [0.717, 1.165) is 0 Å². The molecule has 0 bridgehead atoms. The van der Waals surface area contributed by atoms with Crippen molar-refractivity contribution >= 4 is 45.7 Å². The Morgan fingerprint density at radius 2 is 2.31 bits per heavy atom. The van der Waals surface area contributed by atoms with Crippen LogP contribution in [0.25, 0.3) is 0 Å². The minimum atomic E-state index is -2.44. The molecule has 0 aliphatic heterocycles. The highest BCUT2D eigenvalue weighted by Gasteiger charge is 1.98. The zero-order valence-electron chi connectivity index (χ0n) is 9.31. The molecule has 0 saturated heterocycles. The number of anilines is 1. The predicted molar refractivity (Wildman–Crippen MR) is 59.0 cm³/mol.